The van der Waals surface area contributed by atoms with E-state index in [1.54, 1.807) is 0 Å². The molecule has 4 N–H and O–H groups in total. The fourth-order valence-corrected chi connectivity index (χ4v) is 2.64. The van der Waals surface area contributed by atoms with Gasteiger partial charge in [-0.3, -0.25) is 4.90 Å². The molecule has 0 aliphatic carbocycles. The fraction of sp³-hybridized carbons (Fsp3) is 0.400. The molecule has 2 rings (SSSR count). The van der Waals surface area contributed by atoms with Crippen LogP contribution in [-0.4, -0.2) is 44.2 Å². The van der Waals surface area contributed by atoms with Gasteiger partial charge in [-0.15, -0.1) is 0 Å². The van der Waals surface area contributed by atoms with E-state index in [0.717, 1.165) is 45.8 Å². The van der Waals surface area contributed by atoms with E-state index in [1.165, 1.54) is 11.1 Å². The first kappa shape index (κ1) is 18.6. The molecule has 0 radical (unpaired) electrons. The minimum atomic E-state index is 0.692. The van der Waals surface area contributed by atoms with Gasteiger partial charge in [0, 0.05) is 52.4 Å². The van der Waals surface area contributed by atoms with E-state index in [1.807, 2.05) is 0 Å². The highest BCUT2D eigenvalue weighted by Crippen LogP contribution is 2.04. The maximum Gasteiger partial charge on any atom is 0.0234 e. The summed E-state index contributed by atoms with van der Waals surface area (Å²) in [6.07, 6.45) is 0. The zero-order valence-electron chi connectivity index (χ0n) is 14.5. The van der Waals surface area contributed by atoms with Gasteiger partial charge in [0.25, 0.3) is 0 Å². The van der Waals surface area contributed by atoms with Crippen LogP contribution in [0.5, 0.6) is 0 Å². The molecule has 0 fully saturated rings. The third kappa shape index (κ3) is 7.70. The van der Waals surface area contributed by atoms with Crippen molar-refractivity contribution < 1.29 is 0 Å². The summed E-state index contributed by atoms with van der Waals surface area (Å²) in [6.45, 7) is 7.50. The van der Waals surface area contributed by atoms with Gasteiger partial charge in [0.05, 0.1) is 0 Å². The molecule has 0 amide bonds. The predicted octanol–water partition coefficient (Wildman–Crippen LogP) is 1.83. The summed E-state index contributed by atoms with van der Waals surface area (Å²) >= 11 is 0. The molecule has 0 aliphatic rings. The molecule has 0 aliphatic heterocycles. The van der Waals surface area contributed by atoms with Gasteiger partial charge < -0.3 is 16.4 Å². The van der Waals surface area contributed by atoms with Crippen molar-refractivity contribution in [2.75, 3.05) is 39.3 Å². The summed E-state index contributed by atoms with van der Waals surface area (Å²) in [5, 5.41) is 6.92. The molecule has 0 atom stereocenters. The highest BCUT2D eigenvalue weighted by molar-refractivity contribution is 5.15. The van der Waals surface area contributed by atoms with Gasteiger partial charge in [-0.25, -0.2) is 0 Å². The average molecular weight is 326 g/mol. The minimum Gasteiger partial charge on any atom is -0.329 e. The summed E-state index contributed by atoms with van der Waals surface area (Å²) in [5.41, 5.74) is 8.23. The molecule has 0 saturated heterocycles. The number of nitrogens with zero attached hydrogens (tertiary/aromatic N) is 1. The standard InChI is InChI=1S/C20H30N4/c21-11-12-22-13-15-24(18-20-9-5-2-6-10-20)16-14-23-17-19-7-3-1-4-8-19/h1-10,22-23H,11-18,21H2. The summed E-state index contributed by atoms with van der Waals surface area (Å²) in [7, 11) is 0. The van der Waals surface area contributed by atoms with Gasteiger partial charge in [-0.05, 0) is 11.1 Å². The van der Waals surface area contributed by atoms with Crippen LogP contribution in [0.1, 0.15) is 11.1 Å². The highest BCUT2D eigenvalue weighted by Gasteiger charge is 2.05. The normalized spacial score (nSPS) is 11.1. The fourth-order valence-electron chi connectivity index (χ4n) is 2.64. The Balaban J connectivity index is 1.74. The summed E-state index contributed by atoms with van der Waals surface area (Å²) < 4.78 is 0. The average Bonchev–Trinajstić information content (AvgIpc) is 2.64. The Kier molecular flexibility index (Phi) is 9.12. The first-order valence-corrected chi connectivity index (χ1v) is 8.80. The second kappa shape index (κ2) is 11.8. The summed E-state index contributed by atoms with van der Waals surface area (Å²) in [4.78, 5) is 2.48. The van der Waals surface area contributed by atoms with E-state index < -0.39 is 0 Å². The topological polar surface area (TPSA) is 53.3 Å². The lowest BCUT2D eigenvalue weighted by molar-refractivity contribution is 0.264. The Labute approximate surface area is 146 Å². The lowest BCUT2D eigenvalue weighted by atomic mass is 10.2. The molecule has 2 aromatic rings. The number of hydrogen-bond donors (Lipinski definition) is 3. The van der Waals surface area contributed by atoms with Crippen LogP contribution in [0.25, 0.3) is 0 Å². The maximum atomic E-state index is 5.54. The Morgan fingerprint density at radius 1 is 0.708 bits per heavy atom. The molecule has 0 saturated carbocycles. The molecule has 130 valence electrons. The van der Waals surface area contributed by atoms with Crippen molar-refractivity contribution in [3.8, 4) is 0 Å². The lowest BCUT2D eigenvalue weighted by Crippen LogP contribution is -2.37. The van der Waals surface area contributed by atoms with E-state index in [4.69, 9.17) is 5.73 Å². The van der Waals surface area contributed by atoms with E-state index >= 15 is 0 Å². The lowest BCUT2D eigenvalue weighted by Gasteiger charge is -2.23. The van der Waals surface area contributed by atoms with Gasteiger partial charge in [0.15, 0.2) is 0 Å². The van der Waals surface area contributed by atoms with Crippen molar-refractivity contribution in [3.63, 3.8) is 0 Å². The van der Waals surface area contributed by atoms with Crippen LogP contribution in [0.15, 0.2) is 60.7 Å². The Morgan fingerprint density at radius 2 is 1.29 bits per heavy atom. The molecule has 4 nitrogen and oxygen atoms in total. The first-order chi connectivity index (χ1) is 11.9. The molecule has 0 unspecified atom stereocenters. The Morgan fingerprint density at radius 3 is 1.92 bits per heavy atom. The van der Waals surface area contributed by atoms with Gasteiger partial charge in [0.1, 0.15) is 0 Å². The van der Waals surface area contributed by atoms with Crippen LogP contribution in [0.4, 0.5) is 0 Å². The number of rotatable bonds is 12. The summed E-state index contributed by atoms with van der Waals surface area (Å²) in [5.74, 6) is 0. The third-order valence-corrected chi connectivity index (χ3v) is 3.95. The van der Waals surface area contributed by atoms with E-state index in [-0.39, 0.29) is 0 Å². The van der Waals surface area contributed by atoms with Gasteiger partial charge in [-0.1, -0.05) is 60.7 Å². The number of nitrogens with two attached hydrogens (primary N) is 1. The number of nitrogens with one attached hydrogen (secondary N) is 2. The highest BCUT2D eigenvalue weighted by atomic mass is 15.1. The largest absolute Gasteiger partial charge is 0.329 e. The van der Waals surface area contributed by atoms with E-state index in [0.29, 0.717) is 6.54 Å². The monoisotopic (exact) mass is 326 g/mol. The molecule has 0 spiro atoms. The Hall–Kier alpha value is -1.72. The quantitative estimate of drug-likeness (QED) is 0.521. The molecule has 2 aromatic carbocycles. The second-order valence-corrected chi connectivity index (χ2v) is 5.96. The number of hydrogen-bond acceptors (Lipinski definition) is 4. The molecule has 0 aromatic heterocycles. The van der Waals surface area contributed by atoms with Crippen molar-refractivity contribution in [2.45, 2.75) is 13.1 Å². The zero-order chi connectivity index (χ0) is 16.9. The third-order valence-electron chi connectivity index (χ3n) is 3.95. The summed E-state index contributed by atoms with van der Waals surface area (Å²) in [6, 6.07) is 21.2. The van der Waals surface area contributed by atoms with Crippen molar-refractivity contribution in [1.82, 2.24) is 15.5 Å². The predicted molar refractivity (Wildman–Crippen MR) is 102 cm³/mol. The molecule has 0 bridgehead atoms. The maximum absolute atomic E-state index is 5.54. The SMILES string of the molecule is NCCNCCN(CCNCc1ccccc1)Cc1ccccc1. The first-order valence-electron chi connectivity index (χ1n) is 8.80. The molecule has 24 heavy (non-hydrogen) atoms. The van der Waals surface area contributed by atoms with Gasteiger partial charge in [0.2, 0.25) is 0 Å². The van der Waals surface area contributed by atoms with Crippen LogP contribution >= 0.6 is 0 Å². The van der Waals surface area contributed by atoms with E-state index in [2.05, 4.69) is 76.2 Å². The van der Waals surface area contributed by atoms with Crippen LogP contribution in [0.2, 0.25) is 0 Å². The molecular weight excluding hydrogens is 296 g/mol. The molecule has 0 heterocycles. The molecule has 4 heteroatoms. The van der Waals surface area contributed by atoms with Crippen LogP contribution in [0.3, 0.4) is 0 Å². The van der Waals surface area contributed by atoms with Crippen molar-refractivity contribution in [1.29, 1.82) is 0 Å². The van der Waals surface area contributed by atoms with Crippen molar-refractivity contribution in [2.24, 2.45) is 5.73 Å². The van der Waals surface area contributed by atoms with Crippen LogP contribution in [-0.2, 0) is 13.1 Å². The zero-order valence-corrected chi connectivity index (χ0v) is 14.5. The number of benzene rings is 2. The van der Waals surface area contributed by atoms with Crippen molar-refractivity contribution >= 4 is 0 Å². The smallest absolute Gasteiger partial charge is 0.0234 e. The Bertz CT molecular complexity index is 530. The van der Waals surface area contributed by atoms with Crippen LogP contribution < -0.4 is 16.4 Å². The van der Waals surface area contributed by atoms with Gasteiger partial charge >= 0.3 is 0 Å². The van der Waals surface area contributed by atoms with Gasteiger partial charge in [-0.2, -0.15) is 0 Å². The van der Waals surface area contributed by atoms with Crippen LogP contribution in [0, 0.1) is 0 Å². The second-order valence-electron chi connectivity index (χ2n) is 5.96. The minimum absolute atomic E-state index is 0.692. The van der Waals surface area contributed by atoms with Crippen molar-refractivity contribution in [3.05, 3.63) is 71.8 Å². The van der Waals surface area contributed by atoms with E-state index in [9.17, 15) is 0 Å². The molecular formula is C20H30N4.